The summed E-state index contributed by atoms with van der Waals surface area (Å²) in [5.74, 6) is 0.0139. The molecular formula is C13H14F3N7O. The van der Waals surface area contributed by atoms with Gasteiger partial charge in [-0.1, -0.05) is 5.16 Å². The fourth-order valence-corrected chi connectivity index (χ4v) is 2.35. The number of fused-ring (bicyclic) bond motifs is 1. The molecule has 0 aromatic carbocycles. The number of aryl methyl sites for hydroxylation is 2. The van der Waals surface area contributed by atoms with E-state index < -0.39 is 12.0 Å². The lowest BCUT2D eigenvalue weighted by molar-refractivity contribution is -0.146. The normalized spacial score (nSPS) is 12.1. The molecule has 0 aliphatic heterocycles. The van der Waals surface area contributed by atoms with Crippen LogP contribution in [0.5, 0.6) is 0 Å². The molecule has 3 aromatic heterocycles. The molecule has 0 bridgehead atoms. The standard InChI is InChI=1S/C13H14F3N7O/c1-6-7(2)11(22(4)5-9-17-8(3)24-21-9)20-23-10(6)18-19-12(23)13(14,15)16/h5H2,1-4H3. The van der Waals surface area contributed by atoms with Crippen LogP contribution in [0.25, 0.3) is 5.65 Å². The van der Waals surface area contributed by atoms with E-state index >= 15 is 0 Å². The molecule has 0 fully saturated rings. The maximum absolute atomic E-state index is 13.1. The number of rotatable bonds is 3. The summed E-state index contributed by atoms with van der Waals surface area (Å²) in [6.07, 6.45) is -4.64. The summed E-state index contributed by atoms with van der Waals surface area (Å²) < 4.78 is 44.8. The van der Waals surface area contributed by atoms with Gasteiger partial charge in [-0.25, -0.2) is 0 Å². The molecule has 0 atom stereocenters. The smallest absolute Gasteiger partial charge is 0.350 e. The Morgan fingerprint density at radius 3 is 2.42 bits per heavy atom. The molecule has 3 aromatic rings. The predicted octanol–water partition coefficient (Wildman–Crippen LogP) is 2.09. The molecule has 0 saturated heterocycles. The number of nitrogens with zero attached hydrogens (tertiary/aromatic N) is 7. The van der Waals surface area contributed by atoms with Crippen LogP contribution in [0.4, 0.5) is 19.0 Å². The van der Waals surface area contributed by atoms with E-state index in [4.69, 9.17) is 4.52 Å². The van der Waals surface area contributed by atoms with Gasteiger partial charge < -0.3 is 9.42 Å². The van der Waals surface area contributed by atoms with Crippen LogP contribution in [-0.4, -0.2) is 37.0 Å². The van der Waals surface area contributed by atoms with Crippen molar-refractivity contribution >= 4 is 11.5 Å². The lowest BCUT2D eigenvalue weighted by atomic mass is 10.2. The number of halogens is 3. The van der Waals surface area contributed by atoms with E-state index in [0.717, 1.165) is 4.52 Å². The number of hydrogen-bond donors (Lipinski definition) is 0. The van der Waals surface area contributed by atoms with Crippen LogP contribution >= 0.6 is 0 Å². The first-order chi connectivity index (χ1) is 11.2. The summed E-state index contributed by atoms with van der Waals surface area (Å²) in [4.78, 5) is 5.72. The zero-order valence-corrected chi connectivity index (χ0v) is 13.4. The van der Waals surface area contributed by atoms with E-state index in [1.54, 1.807) is 32.7 Å². The van der Waals surface area contributed by atoms with Crippen LogP contribution in [0.3, 0.4) is 0 Å². The van der Waals surface area contributed by atoms with Crippen molar-refractivity contribution in [2.75, 3.05) is 11.9 Å². The molecule has 11 heteroatoms. The zero-order chi connectivity index (χ0) is 17.6. The van der Waals surface area contributed by atoms with Crippen LogP contribution in [0.1, 0.15) is 28.7 Å². The van der Waals surface area contributed by atoms with Crippen LogP contribution in [0, 0.1) is 20.8 Å². The van der Waals surface area contributed by atoms with Crippen molar-refractivity contribution in [1.29, 1.82) is 0 Å². The van der Waals surface area contributed by atoms with Gasteiger partial charge in [0.25, 0.3) is 5.82 Å². The first-order valence-corrected chi connectivity index (χ1v) is 6.98. The summed E-state index contributed by atoms with van der Waals surface area (Å²) in [7, 11) is 1.68. The third kappa shape index (κ3) is 2.65. The Kier molecular flexibility index (Phi) is 3.65. The number of hydrogen-bond acceptors (Lipinski definition) is 7. The average Bonchev–Trinajstić information content (AvgIpc) is 3.08. The second-order valence-electron chi connectivity index (χ2n) is 5.42. The minimum absolute atomic E-state index is 0.0763. The maximum atomic E-state index is 13.1. The van der Waals surface area contributed by atoms with Gasteiger partial charge in [0.05, 0.1) is 6.54 Å². The highest BCUT2D eigenvalue weighted by Gasteiger charge is 2.38. The highest BCUT2D eigenvalue weighted by molar-refractivity contribution is 5.59. The number of aromatic nitrogens is 6. The molecule has 0 N–H and O–H groups in total. The molecule has 128 valence electrons. The average molecular weight is 341 g/mol. The van der Waals surface area contributed by atoms with Crippen LogP contribution in [-0.2, 0) is 12.7 Å². The molecule has 24 heavy (non-hydrogen) atoms. The van der Waals surface area contributed by atoms with Crippen LogP contribution in [0.15, 0.2) is 4.52 Å². The molecule has 0 unspecified atom stereocenters. The van der Waals surface area contributed by atoms with E-state index in [1.165, 1.54) is 0 Å². The monoisotopic (exact) mass is 341 g/mol. The van der Waals surface area contributed by atoms with Crippen molar-refractivity contribution in [2.24, 2.45) is 0 Å². The van der Waals surface area contributed by atoms with Gasteiger partial charge in [-0.05, 0) is 13.8 Å². The summed E-state index contributed by atoms with van der Waals surface area (Å²) in [6.45, 7) is 5.33. The Labute approximate surface area is 134 Å². The van der Waals surface area contributed by atoms with E-state index in [-0.39, 0.29) is 12.2 Å². The largest absolute Gasteiger partial charge is 0.453 e. The minimum atomic E-state index is -4.64. The van der Waals surface area contributed by atoms with E-state index in [0.29, 0.717) is 28.7 Å². The third-order valence-electron chi connectivity index (χ3n) is 3.63. The van der Waals surface area contributed by atoms with Gasteiger partial charge in [0.2, 0.25) is 5.89 Å². The van der Waals surface area contributed by atoms with Crippen molar-refractivity contribution in [2.45, 2.75) is 33.5 Å². The van der Waals surface area contributed by atoms with Crippen molar-refractivity contribution in [1.82, 2.24) is 30.0 Å². The fourth-order valence-electron chi connectivity index (χ4n) is 2.35. The molecule has 0 radical (unpaired) electrons. The third-order valence-corrected chi connectivity index (χ3v) is 3.63. The van der Waals surface area contributed by atoms with Crippen molar-refractivity contribution in [3.05, 3.63) is 28.7 Å². The van der Waals surface area contributed by atoms with Gasteiger partial charge in [-0.15, -0.1) is 15.3 Å². The molecule has 0 spiro atoms. The van der Waals surface area contributed by atoms with Gasteiger partial charge in [0, 0.05) is 25.1 Å². The molecule has 8 nitrogen and oxygen atoms in total. The summed E-state index contributed by atoms with van der Waals surface area (Å²) >= 11 is 0. The van der Waals surface area contributed by atoms with Gasteiger partial charge in [-0.2, -0.15) is 22.7 Å². The van der Waals surface area contributed by atoms with Crippen molar-refractivity contribution < 1.29 is 17.7 Å². The Balaban J connectivity index is 2.08. The zero-order valence-electron chi connectivity index (χ0n) is 13.4. The fraction of sp³-hybridized carbons (Fsp3) is 0.462. The van der Waals surface area contributed by atoms with Crippen molar-refractivity contribution in [3.8, 4) is 0 Å². The van der Waals surface area contributed by atoms with Crippen molar-refractivity contribution in [3.63, 3.8) is 0 Å². The number of anilines is 1. The Morgan fingerprint density at radius 1 is 1.12 bits per heavy atom. The van der Waals surface area contributed by atoms with Gasteiger partial charge >= 0.3 is 6.18 Å². The van der Waals surface area contributed by atoms with Gasteiger partial charge in [0.15, 0.2) is 17.3 Å². The van der Waals surface area contributed by atoms with Crippen LogP contribution < -0.4 is 4.90 Å². The maximum Gasteiger partial charge on any atom is 0.453 e. The predicted molar refractivity (Wildman–Crippen MR) is 76.4 cm³/mol. The SMILES string of the molecule is Cc1nc(CN(C)c2nn3c(C(F)(F)F)nnc3c(C)c2C)no1. The first-order valence-electron chi connectivity index (χ1n) is 6.98. The highest BCUT2D eigenvalue weighted by Crippen LogP contribution is 2.30. The summed E-state index contributed by atoms with van der Waals surface area (Å²) in [5.41, 5.74) is 1.35. The molecule has 0 aliphatic rings. The second-order valence-corrected chi connectivity index (χ2v) is 5.42. The minimum Gasteiger partial charge on any atom is -0.350 e. The molecule has 3 heterocycles. The molecule has 0 aliphatic carbocycles. The molecule has 0 saturated carbocycles. The summed E-state index contributed by atoms with van der Waals surface area (Å²) in [6, 6.07) is 0. The van der Waals surface area contributed by atoms with E-state index in [9.17, 15) is 13.2 Å². The Bertz CT molecular complexity index is 899. The lowest BCUT2D eigenvalue weighted by Gasteiger charge is -2.20. The van der Waals surface area contributed by atoms with E-state index in [1.807, 2.05) is 0 Å². The topological polar surface area (TPSA) is 85.2 Å². The van der Waals surface area contributed by atoms with Gasteiger partial charge in [-0.3, -0.25) is 0 Å². The van der Waals surface area contributed by atoms with Gasteiger partial charge in [0.1, 0.15) is 0 Å². The second kappa shape index (κ2) is 5.42. The molecule has 0 amide bonds. The van der Waals surface area contributed by atoms with Crippen LogP contribution in [0.2, 0.25) is 0 Å². The first kappa shape index (κ1) is 16.1. The Morgan fingerprint density at radius 2 is 1.83 bits per heavy atom. The summed E-state index contributed by atoms with van der Waals surface area (Å²) in [5, 5.41) is 14.7. The quantitative estimate of drug-likeness (QED) is 0.721. The molecular weight excluding hydrogens is 327 g/mol. The Hall–Kier alpha value is -2.72. The number of alkyl halides is 3. The van der Waals surface area contributed by atoms with E-state index in [2.05, 4.69) is 25.4 Å². The lowest BCUT2D eigenvalue weighted by Crippen LogP contribution is -2.22. The molecule has 3 rings (SSSR count). The highest BCUT2D eigenvalue weighted by atomic mass is 19.4.